The fourth-order valence-corrected chi connectivity index (χ4v) is 6.59. The van der Waals surface area contributed by atoms with Crippen molar-refractivity contribution in [2.45, 2.75) is 100.0 Å². The lowest BCUT2D eigenvalue weighted by Gasteiger charge is -2.32. The molecule has 2 N–H and O–H groups in total. The van der Waals surface area contributed by atoms with E-state index in [1.807, 2.05) is 32.0 Å². The molecule has 2 aromatic carbocycles. The normalized spacial score (nSPS) is 23.4. The smallest absolute Gasteiger partial charge is 0.137 e. The van der Waals surface area contributed by atoms with E-state index in [-0.39, 0.29) is 6.04 Å². The monoisotopic (exact) mass is 689 g/mol. The van der Waals surface area contributed by atoms with Gasteiger partial charge in [-0.2, -0.15) is 0 Å². The van der Waals surface area contributed by atoms with Crippen molar-refractivity contribution in [3.63, 3.8) is 0 Å². The summed E-state index contributed by atoms with van der Waals surface area (Å²) >= 11 is 5.70. The molecule has 1 aliphatic rings. The molecule has 0 bridgehead atoms. The van der Waals surface area contributed by atoms with Crippen molar-refractivity contribution in [2.24, 2.45) is 35.5 Å². The predicted molar refractivity (Wildman–Crippen MR) is 219 cm³/mol. The van der Waals surface area contributed by atoms with Crippen molar-refractivity contribution in [3.8, 4) is 5.75 Å². The summed E-state index contributed by atoms with van der Waals surface area (Å²) in [6.45, 7) is 36.8. The van der Waals surface area contributed by atoms with E-state index < -0.39 is 0 Å². The maximum Gasteiger partial charge on any atom is 0.137 e. The zero-order chi connectivity index (χ0) is 36.9. The molecule has 0 amide bonds. The third kappa shape index (κ3) is 16.9. The molecule has 1 aliphatic heterocycles. The number of ether oxygens (including phenoxy) is 1. The first-order chi connectivity index (χ1) is 23.3. The number of hydrogen-bond donors (Lipinski definition) is 2. The molecule has 0 aliphatic carbocycles. The molecule has 272 valence electrons. The van der Waals surface area contributed by atoms with Crippen molar-refractivity contribution in [1.29, 1.82) is 0 Å². The Morgan fingerprint density at radius 2 is 1.53 bits per heavy atom. The van der Waals surface area contributed by atoms with E-state index in [0.29, 0.717) is 40.5 Å². The van der Waals surface area contributed by atoms with Gasteiger partial charge in [-0.15, -0.1) is 0 Å². The zero-order valence-corrected chi connectivity index (χ0v) is 33.2. The molecule has 0 aromatic heterocycles. The van der Waals surface area contributed by atoms with Gasteiger partial charge in [0.05, 0.1) is 18.2 Å². The Balaban J connectivity index is 0.000000929. The standard InChI is InChI=1S/C36H56N2.C7H7ClO.C2H6/c1-11-36-32(10)37-24-30(8)28(6)22-34(19-25(2)3)29(7)23-35(21-26(4)20-31(9)38-36)27(5)17-18-33-15-13-12-14-16-33;1-9-7-5-3-2-4-6(7)8;1-2/h12-18,25-27,30,34-38H,6-7,9-11,19-24H2,1-5,8H3;2-5H,1H3;1-2H3/b18-17+;;/t26-,27?,30?,34?,35+,36+;;/m0../s1. The quantitative estimate of drug-likeness (QED) is 0.284. The van der Waals surface area contributed by atoms with Crippen LogP contribution in [0.2, 0.25) is 5.02 Å². The van der Waals surface area contributed by atoms with E-state index >= 15 is 0 Å². The van der Waals surface area contributed by atoms with Crippen LogP contribution in [0.5, 0.6) is 5.75 Å². The fraction of sp³-hybridized carbons (Fsp3) is 0.511. The van der Waals surface area contributed by atoms with Gasteiger partial charge in [-0.25, -0.2) is 0 Å². The van der Waals surface area contributed by atoms with Gasteiger partial charge in [-0.1, -0.05) is 159 Å². The van der Waals surface area contributed by atoms with Gasteiger partial charge in [-0.05, 0) is 91.7 Å². The summed E-state index contributed by atoms with van der Waals surface area (Å²) in [5.41, 5.74) is 6.14. The molecule has 3 rings (SSSR count). The Kier molecular flexibility index (Phi) is 21.5. The Morgan fingerprint density at radius 1 is 0.898 bits per heavy atom. The summed E-state index contributed by atoms with van der Waals surface area (Å²) < 4.78 is 4.91. The number of benzene rings is 2. The third-order valence-electron chi connectivity index (χ3n) is 9.40. The highest BCUT2D eigenvalue weighted by molar-refractivity contribution is 6.32. The lowest BCUT2D eigenvalue weighted by atomic mass is 9.75. The molecule has 1 heterocycles. The molecule has 4 heteroatoms. The largest absolute Gasteiger partial charge is 0.495 e. The van der Waals surface area contributed by atoms with Crippen LogP contribution in [0.3, 0.4) is 0 Å². The Hall–Kier alpha value is -3.17. The summed E-state index contributed by atoms with van der Waals surface area (Å²) in [6.07, 6.45) is 11.1. The van der Waals surface area contributed by atoms with Crippen LogP contribution in [0.1, 0.15) is 99.5 Å². The van der Waals surface area contributed by atoms with Crippen LogP contribution >= 0.6 is 11.6 Å². The fourth-order valence-electron chi connectivity index (χ4n) is 6.38. The molecule has 6 atom stereocenters. The average Bonchev–Trinajstić information content (AvgIpc) is 3.08. The highest BCUT2D eigenvalue weighted by Gasteiger charge is 2.25. The molecule has 1 fully saturated rings. The van der Waals surface area contributed by atoms with Gasteiger partial charge in [0, 0.05) is 17.9 Å². The summed E-state index contributed by atoms with van der Waals surface area (Å²) in [5, 5.41) is 7.93. The second kappa shape index (κ2) is 24.1. The van der Waals surface area contributed by atoms with Crippen LogP contribution in [0, 0.1) is 35.5 Å². The molecular weight excluding hydrogens is 620 g/mol. The summed E-state index contributed by atoms with van der Waals surface area (Å²) in [7, 11) is 1.60. The SMILES string of the molecule is C=C1C[C@H](C)C[C@@H](C(C)/C=C/c2ccccc2)CC(=C)C(CC(C)C)CC(=C)C(C)CNC(=C)[C@@H](CC)N1.CC.COc1ccccc1Cl. The van der Waals surface area contributed by atoms with Gasteiger partial charge >= 0.3 is 0 Å². The Bertz CT molecular complexity index is 1300. The highest BCUT2D eigenvalue weighted by atomic mass is 35.5. The number of allylic oxidation sites excluding steroid dienone is 3. The summed E-state index contributed by atoms with van der Waals surface area (Å²) in [6, 6.07) is 18.2. The lowest BCUT2D eigenvalue weighted by Crippen LogP contribution is -2.37. The molecule has 0 radical (unpaired) electrons. The van der Waals surface area contributed by atoms with Gasteiger partial charge in [0.15, 0.2) is 0 Å². The minimum atomic E-state index is 0.195. The van der Waals surface area contributed by atoms with Crippen LogP contribution in [0.15, 0.2) is 110 Å². The van der Waals surface area contributed by atoms with E-state index in [9.17, 15) is 0 Å². The lowest BCUT2D eigenvalue weighted by molar-refractivity contribution is 0.307. The van der Waals surface area contributed by atoms with Gasteiger partial charge in [0.2, 0.25) is 0 Å². The van der Waals surface area contributed by atoms with Crippen molar-refractivity contribution in [3.05, 3.63) is 120 Å². The topological polar surface area (TPSA) is 33.3 Å². The van der Waals surface area contributed by atoms with Crippen molar-refractivity contribution in [1.82, 2.24) is 10.6 Å². The van der Waals surface area contributed by atoms with Gasteiger partial charge in [0.25, 0.3) is 0 Å². The van der Waals surface area contributed by atoms with Crippen LogP contribution in [-0.2, 0) is 0 Å². The van der Waals surface area contributed by atoms with E-state index in [2.05, 4.69) is 114 Å². The summed E-state index contributed by atoms with van der Waals surface area (Å²) in [5.74, 6) is 3.75. The van der Waals surface area contributed by atoms with Gasteiger partial charge < -0.3 is 15.4 Å². The first kappa shape index (κ1) is 43.9. The second-order valence-electron chi connectivity index (χ2n) is 14.1. The molecule has 2 aromatic rings. The van der Waals surface area contributed by atoms with Crippen molar-refractivity contribution >= 4 is 17.7 Å². The van der Waals surface area contributed by atoms with Crippen LogP contribution in [0.4, 0.5) is 0 Å². The zero-order valence-electron chi connectivity index (χ0n) is 32.5. The van der Waals surface area contributed by atoms with Gasteiger partial charge in [-0.3, -0.25) is 0 Å². The highest BCUT2D eigenvalue weighted by Crippen LogP contribution is 2.37. The molecule has 3 unspecified atom stereocenters. The number of hydrogen-bond acceptors (Lipinski definition) is 3. The first-order valence-corrected chi connectivity index (χ1v) is 19.0. The van der Waals surface area contributed by atoms with Crippen molar-refractivity contribution in [2.75, 3.05) is 13.7 Å². The predicted octanol–water partition coefficient (Wildman–Crippen LogP) is 12.9. The van der Waals surface area contributed by atoms with E-state index in [4.69, 9.17) is 22.9 Å². The maximum absolute atomic E-state index is 5.70. The number of halogens is 1. The van der Waals surface area contributed by atoms with Crippen LogP contribution in [-0.4, -0.2) is 19.7 Å². The molecule has 1 saturated heterocycles. The number of para-hydroxylation sites is 1. The number of methoxy groups -OCH3 is 1. The maximum atomic E-state index is 5.70. The minimum Gasteiger partial charge on any atom is -0.495 e. The second-order valence-corrected chi connectivity index (χ2v) is 14.5. The number of rotatable bonds is 7. The average molecular weight is 690 g/mol. The molecule has 0 saturated carbocycles. The van der Waals surface area contributed by atoms with Gasteiger partial charge in [0.1, 0.15) is 5.75 Å². The molecule has 0 spiro atoms. The van der Waals surface area contributed by atoms with Crippen LogP contribution in [0.25, 0.3) is 6.08 Å². The molecular formula is C45H69ClN2O. The molecule has 3 nitrogen and oxygen atoms in total. The van der Waals surface area contributed by atoms with E-state index in [1.54, 1.807) is 13.2 Å². The van der Waals surface area contributed by atoms with Crippen molar-refractivity contribution < 1.29 is 4.74 Å². The summed E-state index contributed by atoms with van der Waals surface area (Å²) in [4.78, 5) is 0. The Morgan fingerprint density at radius 3 is 2.10 bits per heavy atom. The first-order valence-electron chi connectivity index (χ1n) is 18.6. The van der Waals surface area contributed by atoms with Crippen LogP contribution < -0.4 is 15.4 Å². The van der Waals surface area contributed by atoms with E-state index in [1.165, 1.54) is 23.1 Å². The molecule has 49 heavy (non-hydrogen) atoms. The minimum absolute atomic E-state index is 0.195. The third-order valence-corrected chi connectivity index (χ3v) is 9.71. The van der Waals surface area contributed by atoms with E-state index in [0.717, 1.165) is 55.8 Å². The Labute approximate surface area is 307 Å². The number of nitrogens with one attached hydrogen (secondary N) is 2.